The third kappa shape index (κ3) is 5.90. The van der Waals surface area contributed by atoms with Gasteiger partial charge in [0.05, 0.1) is 11.6 Å². The zero-order valence-corrected chi connectivity index (χ0v) is 19.3. The lowest BCUT2D eigenvalue weighted by molar-refractivity contribution is 0.0976. The third-order valence-electron chi connectivity index (χ3n) is 4.41. The van der Waals surface area contributed by atoms with Crippen molar-refractivity contribution in [1.82, 2.24) is 5.32 Å². The highest BCUT2D eigenvalue weighted by molar-refractivity contribution is 9.10. The first kappa shape index (κ1) is 22.5. The second-order valence-electron chi connectivity index (χ2n) is 6.61. The summed E-state index contributed by atoms with van der Waals surface area (Å²) in [4.78, 5) is 24.8. The Bertz CT molecular complexity index is 1140. The van der Waals surface area contributed by atoms with Crippen LogP contribution in [-0.2, 0) is 0 Å². The standard InChI is InChI=1S/C23H20BrN3O3S/c1-14-12-17(9-10-19(14)26-21(28)15-6-4-3-5-7-15)25-23(31)27-22(29)16-8-11-20(30-2)18(24)13-16/h3-13H,1-2H3,(H,26,28)(H2,25,27,29,31). The molecule has 0 aliphatic rings. The van der Waals surface area contributed by atoms with Crippen molar-refractivity contribution in [2.45, 2.75) is 6.92 Å². The summed E-state index contributed by atoms with van der Waals surface area (Å²) in [6, 6.07) is 19.4. The number of carbonyl (C=O) groups excluding carboxylic acids is 2. The van der Waals surface area contributed by atoms with Gasteiger partial charge in [-0.25, -0.2) is 0 Å². The molecule has 0 bridgehead atoms. The first-order chi connectivity index (χ1) is 14.9. The molecule has 0 unspecified atom stereocenters. The molecule has 31 heavy (non-hydrogen) atoms. The maximum absolute atomic E-state index is 12.4. The minimum absolute atomic E-state index is 0.164. The topological polar surface area (TPSA) is 79.5 Å². The van der Waals surface area contributed by atoms with Crippen LogP contribution in [-0.4, -0.2) is 24.0 Å². The number of benzene rings is 3. The lowest BCUT2D eigenvalue weighted by Crippen LogP contribution is -2.34. The van der Waals surface area contributed by atoms with Crippen molar-refractivity contribution in [3.63, 3.8) is 0 Å². The maximum Gasteiger partial charge on any atom is 0.257 e. The summed E-state index contributed by atoms with van der Waals surface area (Å²) in [6.07, 6.45) is 0. The first-order valence-corrected chi connectivity index (χ1v) is 10.5. The van der Waals surface area contributed by atoms with Gasteiger partial charge in [-0.15, -0.1) is 0 Å². The van der Waals surface area contributed by atoms with E-state index in [2.05, 4.69) is 31.9 Å². The van der Waals surface area contributed by atoms with Crippen LogP contribution in [0.3, 0.4) is 0 Å². The fraction of sp³-hybridized carbons (Fsp3) is 0.0870. The van der Waals surface area contributed by atoms with Gasteiger partial charge in [0.1, 0.15) is 5.75 Å². The molecule has 0 spiro atoms. The van der Waals surface area contributed by atoms with E-state index in [0.717, 1.165) is 5.56 Å². The summed E-state index contributed by atoms with van der Waals surface area (Å²) < 4.78 is 5.84. The van der Waals surface area contributed by atoms with Gasteiger partial charge in [0.25, 0.3) is 11.8 Å². The molecule has 0 aliphatic carbocycles. The molecule has 6 nitrogen and oxygen atoms in total. The highest BCUT2D eigenvalue weighted by atomic mass is 79.9. The Morgan fingerprint density at radius 2 is 1.65 bits per heavy atom. The molecule has 0 atom stereocenters. The van der Waals surface area contributed by atoms with E-state index in [0.29, 0.717) is 32.7 Å². The van der Waals surface area contributed by atoms with Gasteiger partial charge < -0.3 is 15.4 Å². The fourth-order valence-electron chi connectivity index (χ4n) is 2.81. The maximum atomic E-state index is 12.4. The van der Waals surface area contributed by atoms with E-state index in [-0.39, 0.29) is 16.9 Å². The predicted molar refractivity (Wildman–Crippen MR) is 130 cm³/mol. The molecule has 3 aromatic carbocycles. The van der Waals surface area contributed by atoms with Crippen LogP contribution < -0.4 is 20.7 Å². The van der Waals surface area contributed by atoms with E-state index in [1.165, 1.54) is 0 Å². The number of ether oxygens (including phenoxy) is 1. The number of rotatable bonds is 5. The Morgan fingerprint density at radius 3 is 2.29 bits per heavy atom. The largest absolute Gasteiger partial charge is 0.496 e. The van der Waals surface area contributed by atoms with E-state index in [1.807, 2.05) is 31.2 Å². The van der Waals surface area contributed by atoms with E-state index in [9.17, 15) is 9.59 Å². The smallest absolute Gasteiger partial charge is 0.257 e. The molecule has 0 aliphatic heterocycles. The Labute approximate surface area is 194 Å². The van der Waals surface area contributed by atoms with Gasteiger partial charge in [-0.05, 0) is 89.2 Å². The number of methoxy groups -OCH3 is 1. The molecule has 0 aromatic heterocycles. The van der Waals surface area contributed by atoms with Gasteiger partial charge in [0.2, 0.25) is 0 Å². The molecule has 0 heterocycles. The van der Waals surface area contributed by atoms with Crippen molar-refractivity contribution in [2.75, 3.05) is 17.7 Å². The normalized spacial score (nSPS) is 10.2. The first-order valence-electron chi connectivity index (χ1n) is 9.30. The molecule has 0 saturated heterocycles. The van der Waals surface area contributed by atoms with Crippen LogP contribution in [0.1, 0.15) is 26.3 Å². The van der Waals surface area contributed by atoms with Gasteiger partial charge in [0.15, 0.2) is 5.11 Å². The van der Waals surface area contributed by atoms with Crippen molar-refractivity contribution in [2.24, 2.45) is 0 Å². The fourth-order valence-corrected chi connectivity index (χ4v) is 3.56. The summed E-state index contributed by atoms with van der Waals surface area (Å²) in [5.41, 5.74) is 3.25. The molecule has 2 amide bonds. The Kier molecular flexibility index (Phi) is 7.38. The van der Waals surface area contributed by atoms with E-state index in [1.54, 1.807) is 49.6 Å². The Morgan fingerprint density at radius 1 is 0.903 bits per heavy atom. The SMILES string of the molecule is COc1ccc(C(=O)NC(=S)Nc2ccc(NC(=O)c3ccccc3)c(C)c2)cc1Br. The van der Waals surface area contributed by atoms with Crippen LogP contribution in [0.25, 0.3) is 0 Å². The number of hydrogen-bond acceptors (Lipinski definition) is 4. The Hall–Kier alpha value is -3.23. The number of hydrogen-bond donors (Lipinski definition) is 3. The van der Waals surface area contributed by atoms with Crippen molar-refractivity contribution in [3.05, 3.63) is 87.9 Å². The highest BCUT2D eigenvalue weighted by Gasteiger charge is 2.12. The zero-order valence-electron chi connectivity index (χ0n) is 16.9. The van der Waals surface area contributed by atoms with Gasteiger partial charge in [-0.2, -0.15) is 0 Å². The van der Waals surface area contributed by atoms with Crippen molar-refractivity contribution < 1.29 is 14.3 Å². The van der Waals surface area contributed by atoms with Crippen LogP contribution in [0.2, 0.25) is 0 Å². The third-order valence-corrected chi connectivity index (χ3v) is 5.23. The van der Waals surface area contributed by atoms with Gasteiger partial charge in [-0.3, -0.25) is 14.9 Å². The van der Waals surface area contributed by atoms with Gasteiger partial charge in [0, 0.05) is 22.5 Å². The number of amides is 2. The zero-order chi connectivity index (χ0) is 22.4. The van der Waals surface area contributed by atoms with Crippen LogP contribution in [0.15, 0.2) is 71.2 Å². The lowest BCUT2D eigenvalue weighted by Gasteiger charge is -2.13. The van der Waals surface area contributed by atoms with Crippen LogP contribution in [0.4, 0.5) is 11.4 Å². The van der Waals surface area contributed by atoms with E-state index >= 15 is 0 Å². The van der Waals surface area contributed by atoms with E-state index < -0.39 is 0 Å². The van der Waals surface area contributed by atoms with Gasteiger partial charge >= 0.3 is 0 Å². The number of halogens is 1. The molecule has 0 radical (unpaired) electrons. The highest BCUT2D eigenvalue weighted by Crippen LogP contribution is 2.25. The van der Waals surface area contributed by atoms with E-state index in [4.69, 9.17) is 17.0 Å². The predicted octanol–water partition coefficient (Wildman–Crippen LogP) is 5.15. The van der Waals surface area contributed by atoms with Gasteiger partial charge in [-0.1, -0.05) is 18.2 Å². The van der Waals surface area contributed by atoms with Crippen molar-refractivity contribution >= 4 is 56.4 Å². The summed E-state index contributed by atoms with van der Waals surface area (Å²) in [5.74, 6) is 0.106. The van der Waals surface area contributed by atoms with Crippen LogP contribution in [0, 0.1) is 6.92 Å². The Balaban J connectivity index is 1.61. The number of nitrogens with one attached hydrogen (secondary N) is 3. The molecule has 0 saturated carbocycles. The number of thiocarbonyl (C=S) groups is 1. The lowest BCUT2D eigenvalue weighted by atomic mass is 10.1. The summed E-state index contributed by atoms with van der Waals surface area (Å²) in [6.45, 7) is 1.88. The minimum atomic E-state index is -0.343. The molecule has 3 N–H and O–H groups in total. The second-order valence-corrected chi connectivity index (χ2v) is 7.87. The van der Waals surface area contributed by atoms with Crippen molar-refractivity contribution in [1.29, 1.82) is 0 Å². The molecule has 0 fully saturated rings. The molecule has 158 valence electrons. The molecule has 8 heteroatoms. The molecular weight excluding hydrogens is 478 g/mol. The molecular formula is C23H20BrN3O3S. The number of anilines is 2. The quantitative estimate of drug-likeness (QED) is 0.425. The summed E-state index contributed by atoms with van der Waals surface area (Å²) >= 11 is 8.61. The number of aryl methyl sites for hydroxylation is 1. The van der Waals surface area contributed by atoms with Crippen molar-refractivity contribution in [3.8, 4) is 5.75 Å². The molecule has 3 aromatic rings. The molecule has 3 rings (SSSR count). The monoisotopic (exact) mass is 497 g/mol. The number of carbonyl (C=O) groups is 2. The average Bonchev–Trinajstić information content (AvgIpc) is 2.76. The summed E-state index contributed by atoms with van der Waals surface area (Å²) in [7, 11) is 1.55. The van der Waals surface area contributed by atoms with Crippen LogP contribution >= 0.6 is 28.1 Å². The minimum Gasteiger partial charge on any atom is -0.496 e. The average molecular weight is 498 g/mol. The van der Waals surface area contributed by atoms with Crippen LogP contribution in [0.5, 0.6) is 5.75 Å². The second kappa shape index (κ2) is 10.2. The summed E-state index contributed by atoms with van der Waals surface area (Å²) in [5, 5.41) is 8.69.